The van der Waals surface area contributed by atoms with Crippen LogP contribution in [-0.4, -0.2) is 30.5 Å². The molecule has 0 unspecified atom stereocenters. The first kappa shape index (κ1) is 43.2. The van der Waals surface area contributed by atoms with E-state index in [1.165, 1.54) is 180 Å². The van der Waals surface area contributed by atoms with Gasteiger partial charge in [-0.2, -0.15) is 0 Å². The molecule has 0 rings (SSSR count). The summed E-state index contributed by atoms with van der Waals surface area (Å²) in [4.78, 5) is 13.4. The summed E-state index contributed by atoms with van der Waals surface area (Å²) < 4.78 is 0. The number of rotatable bonds is 34. The minimum atomic E-state index is -0.897. The van der Waals surface area contributed by atoms with E-state index in [0.717, 1.165) is 25.8 Å². The normalized spacial score (nSPS) is 11.3. The number of hydrogen-bond donors (Lipinski definition) is 0. The number of nitrogens with zero attached hydrogens (tertiary/aromatic N) is 1. The number of hydrogen-bond acceptors (Lipinski definition) is 3. The molecule has 0 bridgehead atoms. The van der Waals surface area contributed by atoms with Gasteiger partial charge >= 0.3 is 51.4 Å². The zero-order chi connectivity index (χ0) is 28.5. The van der Waals surface area contributed by atoms with E-state index in [0.29, 0.717) is 0 Å². The average Bonchev–Trinajstić information content (AvgIpc) is 2.93. The van der Waals surface area contributed by atoms with E-state index in [1.54, 1.807) is 0 Å². The van der Waals surface area contributed by atoms with Crippen LogP contribution in [0.2, 0.25) is 0 Å². The first-order valence-electron chi connectivity index (χ1n) is 18.1. The zero-order valence-electron chi connectivity index (χ0n) is 28.1. The van der Waals surface area contributed by atoms with Crippen LogP contribution in [0.1, 0.15) is 206 Å². The van der Waals surface area contributed by atoms with Crippen LogP contribution in [0.4, 0.5) is 0 Å². The van der Waals surface area contributed by atoms with Crippen LogP contribution in [0.3, 0.4) is 0 Å². The van der Waals surface area contributed by atoms with Gasteiger partial charge in [0.2, 0.25) is 0 Å². The Balaban J connectivity index is 0. The molecular weight excluding hydrogens is 517 g/mol. The first-order chi connectivity index (χ1) is 19.2. The molecule has 0 atom stereocenters. The average molecular weight is 590 g/mol. The fourth-order valence-corrected chi connectivity index (χ4v) is 5.82. The molecule has 0 aromatic rings. The van der Waals surface area contributed by atoms with Gasteiger partial charge in [0.1, 0.15) is 0 Å². The van der Waals surface area contributed by atoms with Gasteiger partial charge < -0.3 is 14.8 Å². The van der Waals surface area contributed by atoms with Crippen molar-refractivity contribution in [3.63, 3.8) is 0 Å². The van der Waals surface area contributed by atoms with Gasteiger partial charge in [0.25, 0.3) is 0 Å². The maximum atomic E-state index is 10.7. The summed E-state index contributed by atoms with van der Waals surface area (Å²) in [5.41, 5.74) is 0. The Morgan fingerprint density at radius 3 is 0.875 bits per heavy atom. The minimum Gasteiger partial charge on any atom is -0.550 e. The predicted octanol–water partition coefficient (Wildman–Crippen LogP) is 7.79. The van der Waals surface area contributed by atoms with Gasteiger partial charge in [-0.25, -0.2) is 0 Å². The fraction of sp³-hybridized carbons (Fsp3) is 0.972. The Morgan fingerprint density at radius 2 is 0.625 bits per heavy atom. The van der Waals surface area contributed by atoms with E-state index in [1.807, 2.05) is 0 Å². The number of carbonyl (C=O) groups is 1. The Kier molecular flexibility index (Phi) is 41.1. The van der Waals surface area contributed by atoms with Crippen molar-refractivity contribution in [2.75, 3.05) is 19.6 Å². The van der Waals surface area contributed by atoms with Gasteiger partial charge in [-0.05, 0) is 51.7 Å². The Hall–Kier alpha value is 1.07. The molecule has 0 aliphatic carbocycles. The predicted molar refractivity (Wildman–Crippen MR) is 171 cm³/mol. The summed E-state index contributed by atoms with van der Waals surface area (Å²) in [6, 6.07) is 0. The second-order valence-corrected chi connectivity index (χ2v) is 12.5. The van der Waals surface area contributed by atoms with E-state index in [-0.39, 0.29) is 57.8 Å². The molecule has 0 aromatic heterocycles. The molecule has 0 fully saturated rings. The quantitative estimate of drug-likeness (QED) is 0.0568. The maximum absolute atomic E-state index is 10.7. The maximum Gasteiger partial charge on any atom is 1.00 e. The summed E-state index contributed by atoms with van der Waals surface area (Å²) in [6.45, 7) is 8.19. The van der Waals surface area contributed by atoms with Crippen LogP contribution in [0, 0.1) is 0 Å². The van der Waals surface area contributed by atoms with Gasteiger partial charge in [-0.3, -0.25) is 0 Å². The molecule has 234 valence electrons. The molecule has 0 saturated carbocycles. The van der Waals surface area contributed by atoms with Crippen molar-refractivity contribution >= 4 is 5.97 Å². The molecule has 4 heteroatoms. The van der Waals surface area contributed by atoms with Gasteiger partial charge in [0, 0.05) is 5.97 Å². The number of carboxylic acids is 1. The zero-order valence-corrected chi connectivity index (χ0v) is 31.2. The van der Waals surface area contributed by atoms with Crippen molar-refractivity contribution in [1.29, 1.82) is 0 Å². The summed E-state index contributed by atoms with van der Waals surface area (Å²) in [5, 5.41) is 10.7. The molecular formula is C36H72KNO2. The second-order valence-electron chi connectivity index (χ2n) is 12.5. The fourth-order valence-electron chi connectivity index (χ4n) is 5.82. The molecule has 0 radical (unpaired) electrons. The van der Waals surface area contributed by atoms with E-state index >= 15 is 0 Å². The Bertz CT molecular complexity index is 444. The molecule has 0 N–H and O–H groups in total. The smallest absolute Gasteiger partial charge is 0.550 e. The molecule has 3 nitrogen and oxygen atoms in total. The molecule has 0 amide bonds. The van der Waals surface area contributed by atoms with E-state index < -0.39 is 5.97 Å². The Labute approximate surface area is 295 Å². The Morgan fingerprint density at radius 1 is 0.400 bits per heavy atom. The van der Waals surface area contributed by atoms with E-state index in [2.05, 4.69) is 18.7 Å². The van der Waals surface area contributed by atoms with Crippen LogP contribution in [0.5, 0.6) is 0 Å². The van der Waals surface area contributed by atoms with Gasteiger partial charge in [0.15, 0.2) is 0 Å². The van der Waals surface area contributed by atoms with Crippen LogP contribution >= 0.6 is 0 Å². The van der Waals surface area contributed by atoms with Crippen molar-refractivity contribution < 1.29 is 61.3 Å². The molecule has 0 heterocycles. The van der Waals surface area contributed by atoms with Crippen LogP contribution in [0.15, 0.2) is 0 Å². The molecule has 0 saturated heterocycles. The topological polar surface area (TPSA) is 43.4 Å². The van der Waals surface area contributed by atoms with Crippen LogP contribution < -0.4 is 56.5 Å². The number of carboxylic acid groups (broad SMARTS) is 1. The third-order valence-electron chi connectivity index (χ3n) is 8.51. The summed E-state index contributed by atoms with van der Waals surface area (Å²) >= 11 is 0. The van der Waals surface area contributed by atoms with Crippen LogP contribution in [-0.2, 0) is 4.79 Å². The molecule has 0 aromatic carbocycles. The SMILES string of the molecule is CCCCCCCCCCCCCCCN(CCCCCCCCCCCCCCC)CCCCCC(=O)[O-].[K+]. The monoisotopic (exact) mass is 590 g/mol. The number of unbranched alkanes of at least 4 members (excludes halogenated alkanes) is 26. The molecule has 0 aliphatic rings. The summed E-state index contributed by atoms with van der Waals surface area (Å²) in [7, 11) is 0. The number of aliphatic carboxylic acids is 1. The van der Waals surface area contributed by atoms with Crippen molar-refractivity contribution in [1.82, 2.24) is 4.90 Å². The van der Waals surface area contributed by atoms with Crippen molar-refractivity contribution in [2.24, 2.45) is 0 Å². The number of carbonyl (C=O) groups excluding carboxylic acids is 1. The van der Waals surface area contributed by atoms with Gasteiger partial charge in [-0.1, -0.05) is 174 Å². The van der Waals surface area contributed by atoms with E-state index in [9.17, 15) is 9.90 Å². The third kappa shape index (κ3) is 37.1. The standard InChI is InChI=1S/C36H73NO2.K/c1-3-5-7-9-11-13-15-17-19-21-23-25-29-33-37(35-31-27-28-32-36(38)39)34-30-26-24-22-20-18-16-14-12-10-8-6-4-2;/h3-35H2,1-2H3,(H,38,39);/q;+1/p-1. The van der Waals surface area contributed by atoms with Crippen molar-refractivity contribution in [3.05, 3.63) is 0 Å². The first-order valence-corrected chi connectivity index (χ1v) is 18.1. The summed E-state index contributed by atoms with van der Waals surface area (Å²) in [6.07, 6.45) is 39.8. The molecule has 0 spiro atoms. The summed E-state index contributed by atoms with van der Waals surface area (Å²) in [5.74, 6) is -0.897. The van der Waals surface area contributed by atoms with Gasteiger partial charge in [0.05, 0.1) is 0 Å². The molecule has 40 heavy (non-hydrogen) atoms. The molecule has 0 aliphatic heterocycles. The van der Waals surface area contributed by atoms with Crippen molar-refractivity contribution in [3.8, 4) is 0 Å². The second kappa shape index (κ2) is 38.1. The van der Waals surface area contributed by atoms with Crippen LogP contribution in [0.25, 0.3) is 0 Å². The third-order valence-corrected chi connectivity index (χ3v) is 8.51. The van der Waals surface area contributed by atoms with Gasteiger partial charge in [-0.15, -0.1) is 0 Å². The van der Waals surface area contributed by atoms with E-state index in [4.69, 9.17) is 0 Å². The largest absolute Gasteiger partial charge is 1.00 e. The van der Waals surface area contributed by atoms with Crippen molar-refractivity contribution in [2.45, 2.75) is 206 Å². The minimum absolute atomic E-state index is 0.